The van der Waals surface area contributed by atoms with Crippen LogP contribution in [-0.2, 0) is 22.4 Å². The van der Waals surface area contributed by atoms with Crippen LogP contribution in [0.25, 0.3) is 0 Å². The van der Waals surface area contributed by atoms with Gasteiger partial charge in [-0.2, -0.15) is 0 Å². The number of amides is 4. The van der Waals surface area contributed by atoms with Crippen molar-refractivity contribution in [3.8, 4) is 11.5 Å². The van der Waals surface area contributed by atoms with Gasteiger partial charge in [-0.1, -0.05) is 90.5 Å². The molecule has 0 fully saturated rings. The van der Waals surface area contributed by atoms with E-state index in [0.717, 1.165) is 51.4 Å². The summed E-state index contributed by atoms with van der Waals surface area (Å²) < 4.78 is 0. The molecule has 0 aromatic heterocycles. The van der Waals surface area contributed by atoms with E-state index in [4.69, 9.17) is 0 Å². The molecule has 2 rings (SSSR count). The Hall–Kier alpha value is -4.08. The molecule has 4 amide bonds. The lowest BCUT2D eigenvalue weighted by Gasteiger charge is -2.21. The highest BCUT2D eigenvalue weighted by Crippen LogP contribution is 2.24. The third-order valence-electron chi connectivity index (χ3n) is 7.77. The predicted octanol–water partition coefficient (Wildman–Crippen LogP) is 5.62. The molecule has 2 aromatic carbocycles. The monoisotopic (exact) mass is 610 g/mol. The fourth-order valence-electron chi connectivity index (χ4n) is 5.14. The Morgan fingerprint density at radius 1 is 0.636 bits per heavy atom. The maximum absolute atomic E-state index is 13.2. The third kappa shape index (κ3) is 11.2. The zero-order valence-corrected chi connectivity index (χ0v) is 26.6. The summed E-state index contributed by atoms with van der Waals surface area (Å²) >= 11 is 0. The van der Waals surface area contributed by atoms with Gasteiger partial charge in [0.05, 0.1) is 11.1 Å². The number of rotatable bonds is 17. The van der Waals surface area contributed by atoms with E-state index in [1.807, 2.05) is 13.8 Å². The van der Waals surface area contributed by atoms with E-state index in [0.29, 0.717) is 30.4 Å². The fourth-order valence-corrected chi connectivity index (χ4v) is 5.14. The Morgan fingerprint density at radius 2 is 1.11 bits per heavy atom. The smallest absolute Gasteiger partial charge is 0.273 e. The van der Waals surface area contributed by atoms with Gasteiger partial charge in [-0.05, 0) is 61.8 Å². The first-order valence-corrected chi connectivity index (χ1v) is 16.0. The minimum atomic E-state index is -0.643. The molecule has 0 aliphatic carbocycles. The lowest BCUT2D eigenvalue weighted by molar-refractivity contribution is -0.129. The van der Waals surface area contributed by atoms with Crippen molar-refractivity contribution >= 4 is 23.6 Å². The number of nitrogens with one attached hydrogen (secondary N) is 4. The third-order valence-corrected chi connectivity index (χ3v) is 7.77. The van der Waals surface area contributed by atoms with Crippen molar-refractivity contribution in [2.75, 3.05) is 0 Å². The average Bonchev–Trinajstić information content (AvgIpc) is 3.01. The highest BCUT2D eigenvalue weighted by molar-refractivity contribution is 6.00. The van der Waals surface area contributed by atoms with Gasteiger partial charge in [0.15, 0.2) is 0 Å². The first-order valence-electron chi connectivity index (χ1n) is 16.0. The number of phenolic OH excluding ortho intramolecular Hbond substituents is 2. The number of carbonyl (C=O) groups is 4. The van der Waals surface area contributed by atoms with E-state index in [1.165, 1.54) is 12.1 Å². The van der Waals surface area contributed by atoms with Crippen LogP contribution < -0.4 is 21.7 Å². The maximum atomic E-state index is 13.2. The molecule has 0 radical (unpaired) electrons. The molecule has 2 atom stereocenters. The molecule has 0 aliphatic heterocycles. The highest BCUT2D eigenvalue weighted by Gasteiger charge is 2.26. The molecular formula is C34H50N4O6. The second-order valence-corrected chi connectivity index (χ2v) is 11.4. The van der Waals surface area contributed by atoms with Gasteiger partial charge in [0.2, 0.25) is 11.8 Å². The highest BCUT2D eigenvalue weighted by atomic mass is 16.3. The van der Waals surface area contributed by atoms with Crippen molar-refractivity contribution in [1.82, 2.24) is 21.7 Å². The summed E-state index contributed by atoms with van der Waals surface area (Å²) in [5.41, 5.74) is 11.4. The molecule has 0 bridgehead atoms. The lowest BCUT2D eigenvalue weighted by Crippen LogP contribution is -2.47. The number of hydrogen-bond acceptors (Lipinski definition) is 6. The molecule has 0 saturated heterocycles. The van der Waals surface area contributed by atoms with E-state index < -0.39 is 35.5 Å². The van der Waals surface area contributed by atoms with Crippen LogP contribution in [-0.4, -0.2) is 33.8 Å². The molecule has 10 heteroatoms. The van der Waals surface area contributed by atoms with Crippen LogP contribution in [0.3, 0.4) is 0 Å². The van der Waals surface area contributed by atoms with Gasteiger partial charge >= 0.3 is 0 Å². The first-order chi connectivity index (χ1) is 21.1. The van der Waals surface area contributed by atoms with Gasteiger partial charge in [0, 0.05) is 11.8 Å². The Balaban J connectivity index is 2.05. The van der Waals surface area contributed by atoms with Gasteiger partial charge < -0.3 is 10.2 Å². The van der Waals surface area contributed by atoms with E-state index in [2.05, 4.69) is 28.6 Å². The summed E-state index contributed by atoms with van der Waals surface area (Å²) in [4.78, 5) is 52.0. The van der Waals surface area contributed by atoms with E-state index in [-0.39, 0.29) is 29.0 Å². The Labute approximate surface area is 261 Å². The Kier molecular flexibility index (Phi) is 15.8. The van der Waals surface area contributed by atoms with E-state index in [1.54, 1.807) is 31.2 Å². The van der Waals surface area contributed by atoms with Crippen LogP contribution in [0, 0.1) is 11.8 Å². The topological polar surface area (TPSA) is 157 Å². The van der Waals surface area contributed by atoms with Crippen molar-refractivity contribution in [3.05, 3.63) is 58.7 Å². The number of aryl methyl sites for hydroxylation is 2. The largest absolute Gasteiger partial charge is 0.507 e. The van der Waals surface area contributed by atoms with Crippen LogP contribution in [0.5, 0.6) is 11.5 Å². The van der Waals surface area contributed by atoms with Crippen molar-refractivity contribution in [3.63, 3.8) is 0 Å². The zero-order chi connectivity index (χ0) is 32.5. The van der Waals surface area contributed by atoms with Gasteiger partial charge in [-0.3, -0.25) is 40.9 Å². The van der Waals surface area contributed by atoms with Gasteiger partial charge in [0.25, 0.3) is 11.8 Å². The molecular weight excluding hydrogens is 560 g/mol. The number of phenols is 2. The minimum absolute atomic E-state index is 0.125. The normalized spacial score (nSPS) is 12.2. The van der Waals surface area contributed by atoms with Crippen molar-refractivity contribution in [2.24, 2.45) is 11.8 Å². The summed E-state index contributed by atoms with van der Waals surface area (Å²) in [5.74, 6) is -3.67. The number of hydrazine groups is 2. The number of unbranched alkanes of at least 4 members (excludes halogenated alkanes) is 5. The van der Waals surface area contributed by atoms with E-state index >= 15 is 0 Å². The number of carbonyl (C=O) groups excluding carboxylic acids is 4. The zero-order valence-electron chi connectivity index (χ0n) is 26.6. The molecule has 0 spiro atoms. The molecule has 44 heavy (non-hydrogen) atoms. The molecule has 6 N–H and O–H groups in total. The average molecular weight is 611 g/mol. The molecule has 242 valence electrons. The standard InChI is InChI=1S/C34H50N4O6/c1-5-8-11-12-17-26(32(42)36-38-34(44)30-25(16-10-7-3)19-14-21-28(30)40)22-23(4)31(41)35-37-33(43)29-24(15-9-6-2)18-13-20-27(29)39/h13-14,18-21,23,26,39-40H,5-12,15-17,22H2,1-4H3,(H,35,41)(H,36,42)(H,37,43)(H,38,44). The van der Waals surface area contributed by atoms with Crippen LogP contribution in [0.4, 0.5) is 0 Å². The molecule has 2 unspecified atom stereocenters. The predicted molar refractivity (Wildman–Crippen MR) is 171 cm³/mol. The van der Waals surface area contributed by atoms with Crippen molar-refractivity contribution in [1.29, 1.82) is 0 Å². The van der Waals surface area contributed by atoms with Gasteiger partial charge in [-0.25, -0.2) is 0 Å². The Morgan fingerprint density at radius 3 is 1.59 bits per heavy atom. The number of aromatic hydroxyl groups is 2. The summed E-state index contributed by atoms with van der Waals surface area (Å²) in [7, 11) is 0. The van der Waals surface area contributed by atoms with Gasteiger partial charge in [-0.15, -0.1) is 0 Å². The summed E-state index contributed by atoms with van der Waals surface area (Å²) in [6.45, 7) is 7.84. The summed E-state index contributed by atoms with van der Waals surface area (Å²) in [6, 6.07) is 9.80. The first kappa shape index (κ1) is 36.1. The quantitative estimate of drug-likeness (QED) is 0.101. The molecule has 2 aromatic rings. The second-order valence-electron chi connectivity index (χ2n) is 11.4. The van der Waals surface area contributed by atoms with Crippen LogP contribution in [0.2, 0.25) is 0 Å². The fraction of sp³-hybridized carbons (Fsp3) is 0.529. The Bertz CT molecular complexity index is 1250. The lowest BCUT2D eigenvalue weighted by atomic mass is 9.90. The van der Waals surface area contributed by atoms with E-state index in [9.17, 15) is 29.4 Å². The van der Waals surface area contributed by atoms with Crippen molar-refractivity contribution in [2.45, 2.75) is 105 Å². The van der Waals surface area contributed by atoms with Crippen molar-refractivity contribution < 1.29 is 29.4 Å². The molecule has 0 saturated carbocycles. The molecule has 0 aliphatic rings. The maximum Gasteiger partial charge on any atom is 0.273 e. The number of benzene rings is 2. The van der Waals surface area contributed by atoms with Crippen LogP contribution in [0.1, 0.15) is 124 Å². The SMILES string of the molecule is CCCCCCC(CC(C)C(=O)NNC(=O)c1c(O)cccc1CCCC)C(=O)NNC(=O)c1c(O)cccc1CCCC. The van der Waals surface area contributed by atoms with Gasteiger partial charge in [0.1, 0.15) is 11.5 Å². The summed E-state index contributed by atoms with van der Waals surface area (Å²) in [6.07, 6.45) is 9.26. The van der Waals surface area contributed by atoms with Crippen LogP contribution in [0.15, 0.2) is 36.4 Å². The minimum Gasteiger partial charge on any atom is -0.507 e. The molecule has 0 heterocycles. The summed E-state index contributed by atoms with van der Waals surface area (Å²) in [5, 5.41) is 20.7. The molecule has 10 nitrogen and oxygen atoms in total. The van der Waals surface area contributed by atoms with Crippen LogP contribution >= 0.6 is 0 Å². The second kappa shape index (κ2) is 19.2. The number of hydrogen-bond donors (Lipinski definition) is 6.